The second-order valence-corrected chi connectivity index (χ2v) is 6.88. The van der Waals surface area contributed by atoms with Crippen LogP contribution in [0.4, 0.5) is 0 Å². The third-order valence-electron chi connectivity index (χ3n) is 5.19. The molecule has 1 aromatic rings. The largest absolute Gasteiger partial charge is 0.438 e. The van der Waals surface area contributed by atoms with Crippen molar-refractivity contribution in [3.8, 4) is 0 Å². The van der Waals surface area contributed by atoms with Gasteiger partial charge >= 0.3 is 0 Å². The molecule has 2 amide bonds. The first-order valence-corrected chi connectivity index (χ1v) is 8.50. The molecule has 1 aromatic heterocycles. The number of ether oxygens (including phenoxy) is 1. The number of aryl methyl sites for hydroxylation is 1. The van der Waals surface area contributed by atoms with E-state index in [4.69, 9.17) is 9.15 Å². The van der Waals surface area contributed by atoms with Crippen molar-refractivity contribution in [2.24, 2.45) is 5.92 Å². The van der Waals surface area contributed by atoms with Gasteiger partial charge in [-0.05, 0) is 39.5 Å². The van der Waals surface area contributed by atoms with Crippen molar-refractivity contribution < 1.29 is 18.7 Å². The number of amides is 2. The molecule has 3 rings (SSSR count). The quantitative estimate of drug-likeness (QED) is 0.779. The summed E-state index contributed by atoms with van der Waals surface area (Å²) in [5, 5.41) is 0. The topological polar surface area (TPSA) is 75.9 Å². The van der Waals surface area contributed by atoms with Crippen molar-refractivity contribution in [3.63, 3.8) is 0 Å². The average molecular weight is 335 g/mol. The molecule has 0 saturated carbocycles. The molecule has 0 aromatic carbocycles. The third-order valence-corrected chi connectivity index (χ3v) is 5.19. The summed E-state index contributed by atoms with van der Waals surface area (Å²) < 4.78 is 10.6. The number of methoxy groups -OCH3 is 1. The predicted molar refractivity (Wildman–Crippen MR) is 86.4 cm³/mol. The van der Waals surface area contributed by atoms with Gasteiger partial charge in [-0.15, -0.1) is 0 Å². The molecular weight excluding hydrogens is 310 g/mol. The molecule has 3 heterocycles. The van der Waals surface area contributed by atoms with Gasteiger partial charge in [0.2, 0.25) is 5.76 Å². The second kappa shape index (κ2) is 6.55. The Kier molecular flexibility index (Phi) is 4.62. The maximum absolute atomic E-state index is 12.5. The van der Waals surface area contributed by atoms with Gasteiger partial charge in [0.05, 0.1) is 11.7 Å². The Bertz CT molecular complexity index is 619. The SMILES string of the molecule is CO[C@H]1C(=O)N(C(C)C)[C@H]1C1CCN(C(=O)c2ocnc2C)CC1. The van der Waals surface area contributed by atoms with E-state index in [0.717, 1.165) is 12.8 Å². The van der Waals surface area contributed by atoms with Crippen LogP contribution in [-0.4, -0.2) is 65.0 Å². The summed E-state index contributed by atoms with van der Waals surface area (Å²) >= 11 is 0. The standard InChI is InChI=1S/C17H25N3O4/c1-10(2)20-13(15(23-4)17(20)22)12-5-7-19(8-6-12)16(21)14-11(3)18-9-24-14/h9-10,12-13,15H,5-8H2,1-4H3/t13-,15+/m0/s1. The van der Waals surface area contributed by atoms with Gasteiger partial charge in [-0.25, -0.2) is 4.98 Å². The fraction of sp³-hybridized carbons (Fsp3) is 0.706. The van der Waals surface area contributed by atoms with E-state index in [1.54, 1.807) is 14.0 Å². The van der Waals surface area contributed by atoms with E-state index in [9.17, 15) is 9.59 Å². The van der Waals surface area contributed by atoms with Crippen LogP contribution < -0.4 is 0 Å². The van der Waals surface area contributed by atoms with Gasteiger partial charge in [0.25, 0.3) is 11.8 Å². The molecule has 0 aliphatic carbocycles. The van der Waals surface area contributed by atoms with Crippen LogP contribution in [0.25, 0.3) is 0 Å². The molecule has 132 valence electrons. The minimum atomic E-state index is -0.337. The molecule has 24 heavy (non-hydrogen) atoms. The highest BCUT2D eigenvalue weighted by Crippen LogP contribution is 2.36. The Balaban J connectivity index is 1.63. The molecule has 7 heteroatoms. The monoisotopic (exact) mass is 335 g/mol. The number of rotatable bonds is 4. The fourth-order valence-electron chi connectivity index (χ4n) is 3.91. The van der Waals surface area contributed by atoms with Crippen LogP contribution in [-0.2, 0) is 9.53 Å². The summed E-state index contributed by atoms with van der Waals surface area (Å²) in [5.41, 5.74) is 0.622. The minimum Gasteiger partial charge on any atom is -0.438 e. The van der Waals surface area contributed by atoms with E-state index < -0.39 is 0 Å². The number of hydrogen-bond acceptors (Lipinski definition) is 5. The first-order chi connectivity index (χ1) is 11.5. The number of oxazole rings is 1. The van der Waals surface area contributed by atoms with Crippen LogP contribution in [0.15, 0.2) is 10.8 Å². The first kappa shape index (κ1) is 17.0. The lowest BCUT2D eigenvalue weighted by molar-refractivity contribution is -0.181. The number of carbonyl (C=O) groups is 2. The number of aromatic nitrogens is 1. The Morgan fingerprint density at radius 1 is 1.38 bits per heavy atom. The Morgan fingerprint density at radius 3 is 2.54 bits per heavy atom. The molecular formula is C17H25N3O4. The Hall–Kier alpha value is -1.89. The van der Waals surface area contributed by atoms with Gasteiger partial charge < -0.3 is 19.0 Å². The van der Waals surface area contributed by atoms with Crippen LogP contribution in [0, 0.1) is 12.8 Å². The van der Waals surface area contributed by atoms with E-state index in [2.05, 4.69) is 4.98 Å². The molecule has 2 aliphatic rings. The van der Waals surface area contributed by atoms with Crippen LogP contribution >= 0.6 is 0 Å². The zero-order valence-electron chi connectivity index (χ0n) is 14.7. The maximum atomic E-state index is 12.5. The number of likely N-dealkylation sites (tertiary alicyclic amines) is 2. The van der Waals surface area contributed by atoms with Crippen LogP contribution in [0.3, 0.4) is 0 Å². The molecule has 0 N–H and O–H groups in total. The molecule has 2 fully saturated rings. The molecule has 2 aliphatic heterocycles. The zero-order chi connectivity index (χ0) is 17.4. The third kappa shape index (κ3) is 2.70. The van der Waals surface area contributed by atoms with E-state index >= 15 is 0 Å². The van der Waals surface area contributed by atoms with Gasteiger partial charge in [0.15, 0.2) is 12.5 Å². The Labute approximate surface area is 141 Å². The van der Waals surface area contributed by atoms with Gasteiger partial charge in [-0.3, -0.25) is 9.59 Å². The number of carbonyl (C=O) groups excluding carboxylic acids is 2. The summed E-state index contributed by atoms with van der Waals surface area (Å²) in [6.45, 7) is 7.16. The van der Waals surface area contributed by atoms with Crippen molar-refractivity contribution in [1.82, 2.24) is 14.8 Å². The van der Waals surface area contributed by atoms with Gasteiger partial charge in [0, 0.05) is 26.2 Å². The highest BCUT2D eigenvalue weighted by molar-refractivity contribution is 5.92. The van der Waals surface area contributed by atoms with Crippen molar-refractivity contribution in [2.45, 2.75) is 51.8 Å². The zero-order valence-corrected chi connectivity index (χ0v) is 14.7. The molecule has 0 unspecified atom stereocenters. The van der Waals surface area contributed by atoms with E-state index in [0.29, 0.717) is 30.5 Å². The summed E-state index contributed by atoms with van der Waals surface area (Å²) in [6.07, 6.45) is 2.69. The highest BCUT2D eigenvalue weighted by Gasteiger charge is 2.52. The highest BCUT2D eigenvalue weighted by atomic mass is 16.5. The van der Waals surface area contributed by atoms with Crippen molar-refractivity contribution in [2.75, 3.05) is 20.2 Å². The Morgan fingerprint density at radius 2 is 2.04 bits per heavy atom. The maximum Gasteiger partial charge on any atom is 0.291 e. The van der Waals surface area contributed by atoms with Crippen molar-refractivity contribution >= 4 is 11.8 Å². The van der Waals surface area contributed by atoms with Gasteiger partial charge in [-0.1, -0.05) is 0 Å². The van der Waals surface area contributed by atoms with Crippen LogP contribution in [0.1, 0.15) is 42.9 Å². The summed E-state index contributed by atoms with van der Waals surface area (Å²) in [5.74, 6) is 0.659. The molecule has 0 spiro atoms. The summed E-state index contributed by atoms with van der Waals surface area (Å²) in [4.78, 5) is 32.4. The predicted octanol–water partition coefficient (Wildman–Crippen LogP) is 1.47. The number of β-lactam (4-membered cyclic amide) rings is 1. The average Bonchev–Trinajstić information content (AvgIpc) is 2.98. The number of nitrogens with zero attached hydrogens (tertiary/aromatic N) is 3. The second-order valence-electron chi connectivity index (χ2n) is 6.88. The first-order valence-electron chi connectivity index (χ1n) is 8.50. The van der Waals surface area contributed by atoms with E-state index in [-0.39, 0.29) is 30.0 Å². The van der Waals surface area contributed by atoms with Crippen LogP contribution in [0.5, 0.6) is 0 Å². The summed E-state index contributed by atoms with van der Waals surface area (Å²) in [6, 6.07) is 0.289. The minimum absolute atomic E-state index is 0.0771. The number of piperidine rings is 1. The molecule has 0 bridgehead atoms. The molecule has 7 nitrogen and oxygen atoms in total. The molecule has 0 radical (unpaired) electrons. The van der Waals surface area contributed by atoms with Crippen molar-refractivity contribution in [1.29, 1.82) is 0 Å². The van der Waals surface area contributed by atoms with Gasteiger partial charge in [-0.2, -0.15) is 0 Å². The molecule has 2 atom stereocenters. The van der Waals surface area contributed by atoms with E-state index in [1.807, 2.05) is 23.6 Å². The van der Waals surface area contributed by atoms with Crippen molar-refractivity contribution in [3.05, 3.63) is 17.8 Å². The fourth-order valence-corrected chi connectivity index (χ4v) is 3.91. The van der Waals surface area contributed by atoms with E-state index in [1.165, 1.54) is 6.39 Å². The van der Waals surface area contributed by atoms with Crippen LogP contribution in [0.2, 0.25) is 0 Å². The summed E-state index contributed by atoms with van der Waals surface area (Å²) in [7, 11) is 1.60. The lowest BCUT2D eigenvalue weighted by atomic mass is 9.79. The lowest BCUT2D eigenvalue weighted by Gasteiger charge is -2.53. The number of hydrogen-bond donors (Lipinski definition) is 0. The molecule has 2 saturated heterocycles. The lowest BCUT2D eigenvalue weighted by Crippen LogP contribution is -2.70. The van der Waals surface area contributed by atoms with Gasteiger partial charge in [0.1, 0.15) is 0 Å². The normalized spacial score (nSPS) is 25.3. The smallest absolute Gasteiger partial charge is 0.291 e.